The number of sulfonamides is 1. The van der Waals surface area contributed by atoms with Crippen molar-refractivity contribution in [2.45, 2.75) is 11.8 Å². The first-order valence-electron chi connectivity index (χ1n) is 8.96. The minimum absolute atomic E-state index is 0.0774. The van der Waals surface area contributed by atoms with E-state index in [2.05, 4.69) is 15.2 Å². The number of ether oxygens (including phenoxy) is 2. The summed E-state index contributed by atoms with van der Waals surface area (Å²) in [5.74, 6) is 1.77. The Hall–Kier alpha value is -3.40. The first-order valence-corrected chi connectivity index (χ1v) is 10.4. The summed E-state index contributed by atoms with van der Waals surface area (Å²) in [5, 5.41) is 8.28. The molecule has 0 bridgehead atoms. The van der Waals surface area contributed by atoms with E-state index < -0.39 is 10.0 Å². The number of para-hydroxylation sites is 2. The van der Waals surface area contributed by atoms with Crippen LogP contribution in [0.2, 0.25) is 0 Å². The summed E-state index contributed by atoms with van der Waals surface area (Å²) < 4.78 is 40.6. The molecular formula is C19H17N5O4S. The van der Waals surface area contributed by atoms with E-state index >= 15 is 0 Å². The van der Waals surface area contributed by atoms with Gasteiger partial charge >= 0.3 is 0 Å². The zero-order valence-electron chi connectivity index (χ0n) is 15.7. The van der Waals surface area contributed by atoms with Crippen LogP contribution in [0, 0.1) is 6.92 Å². The highest BCUT2D eigenvalue weighted by atomic mass is 32.2. The zero-order chi connectivity index (χ0) is 20.2. The summed E-state index contributed by atoms with van der Waals surface area (Å²) in [6, 6.07) is 12.0. The van der Waals surface area contributed by atoms with Crippen LogP contribution in [0.15, 0.2) is 47.4 Å². The monoisotopic (exact) mass is 411 g/mol. The Labute approximate surface area is 166 Å². The van der Waals surface area contributed by atoms with Crippen molar-refractivity contribution in [1.29, 1.82) is 0 Å². The van der Waals surface area contributed by atoms with Gasteiger partial charge in [-0.25, -0.2) is 17.7 Å². The zero-order valence-corrected chi connectivity index (χ0v) is 16.5. The Morgan fingerprint density at radius 3 is 2.62 bits per heavy atom. The number of benzene rings is 2. The molecular weight excluding hydrogens is 394 g/mol. The molecule has 0 amide bonds. The highest BCUT2D eigenvalue weighted by Crippen LogP contribution is 2.34. The SMILES string of the molecule is Cc1nnc2c(N(C)S(=O)(=O)c3ccc4c(c3)OCCO4)nc3ccccc3n12. The summed E-state index contributed by atoms with van der Waals surface area (Å²) in [6.07, 6.45) is 0. The van der Waals surface area contributed by atoms with Crippen LogP contribution in [0.4, 0.5) is 5.82 Å². The van der Waals surface area contributed by atoms with Gasteiger partial charge in [-0.1, -0.05) is 12.1 Å². The molecule has 0 saturated heterocycles. The second-order valence-electron chi connectivity index (χ2n) is 6.61. The fourth-order valence-electron chi connectivity index (χ4n) is 3.37. The molecule has 2 aromatic heterocycles. The van der Waals surface area contributed by atoms with Gasteiger partial charge in [0.05, 0.1) is 15.9 Å². The molecule has 9 nitrogen and oxygen atoms in total. The van der Waals surface area contributed by atoms with Gasteiger partial charge in [0.15, 0.2) is 17.3 Å². The van der Waals surface area contributed by atoms with Gasteiger partial charge in [0, 0.05) is 13.1 Å². The van der Waals surface area contributed by atoms with Crippen LogP contribution in [-0.2, 0) is 10.0 Å². The van der Waals surface area contributed by atoms with Crippen molar-refractivity contribution in [1.82, 2.24) is 19.6 Å². The van der Waals surface area contributed by atoms with Gasteiger partial charge in [0.2, 0.25) is 5.65 Å². The van der Waals surface area contributed by atoms with Gasteiger partial charge < -0.3 is 9.47 Å². The highest BCUT2D eigenvalue weighted by Gasteiger charge is 2.28. The molecule has 5 rings (SSSR count). The van der Waals surface area contributed by atoms with E-state index in [0.717, 1.165) is 9.82 Å². The van der Waals surface area contributed by atoms with Gasteiger partial charge in [0.25, 0.3) is 10.0 Å². The van der Waals surface area contributed by atoms with Crippen molar-refractivity contribution >= 4 is 32.5 Å². The molecule has 2 aromatic carbocycles. The van der Waals surface area contributed by atoms with Gasteiger partial charge in [0.1, 0.15) is 19.0 Å². The number of nitrogens with zero attached hydrogens (tertiary/aromatic N) is 5. The fraction of sp³-hybridized carbons (Fsp3) is 0.211. The Kier molecular flexibility index (Phi) is 3.85. The van der Waals surface area contributed by atoms with Gasteiger partial charge in [-0.15, -0.1) is 10.2 Å². The van der Waals surface area contributed by atoms with Crippen molar-refractivity contribution in [2.24, 2.45) is 0 Å². The third-order valence-electron chi connectivity index (χ3n) is 4.84. The summed E-state index contributed by atoms with van der Waals surface area (Å²) in [6.45, 7) is 2.62. The number of hydrogen-bond acceptors (Lipinski definition) is 7. The summed E-state index contributed by atoms with van der Waals surface area (Å²) >= 11 is 0. The standard InChI is InChI=1S/C19H17N5O4S/c1-12-21-22-19-18(20-14-5-3-4-6-15(14)24(12)19)23(2)29(25,26)13-7-8-16-17(11-13)28-10-9-27-16/h3-8,11H,9-10H2,1-2H3. The van der Waals surface area contributed by atoms with Gasteiger partial charge in [-0.3, -0.25) is 4.40 Å². The average Bonchev–Trinajstić information content (AvgIpc) is 3.14. The maximum Gasteiger partial charge on any atom is 0.265 e. The normalized spacial score (nSPS) is 13.7. The molecule has 0 N–H and O–H groups in total. The maximum atomic E-state index is 13.3. The molecule has 0 unspecified atom stereocenters. The maximum absolute atomic E-state index is 13.3. The minimum Gasteiger partial charge on any atom is -0.486 e. The van der Waals surface area contributed by atoms with Gasteiger partial charge in [-0.2, -0.15) is 0 Å². The van der Waals surface area contributed by atoms with Gasteiger partial charge in [-0.05, 0) is 31.2 Å². The molecule has 10 heteroatoms. The lowest BCUT2D eigenvalue weighted by Gasteiger charge is -2.22. The van der Waals surface area contributed by atoms with E-state index in [9.17, 15) is 8.42 Å². The predicted molar refractivity (Wildman–Crippen MR) is 106 cm³/mol. The molecule has 0 aliphatic carbocycles. The molecule has 4 aromatic rings. The van der Waals surface area contributed by atoms with Crippen molar-refractivity contribution in [3.63, 3.8) is 0 Å². The number of anilines is 1. The van der Waals surface area contributed by atoms with Crippen LogP contribution in [0.1, 0.15) is 5.82 Å². The van der Waals surface area contributed by atoms with E-state index in [1.54, 1.807) is 10.5 Å². The Morgan fingerprint density at radius 2 is 1.79 bits per heavy atom. The van der Waals surface area contributed by atoms with Crippen LogP contribution in [0.25, 0.3) is 16.7 Å². The highest BCUT2D eigenvalue weighted by molar-refractivity contribution is 7.92. The Morgan fingerprint density at radius 1 is 1.03 bits per heavy atom. The van der Waals surface area contributed by atoms with Crippen molar-refractivity contribution < 1.29 is 17.9 Å². The van der Waals surface area contributed by atoms with Crippen molar-refractivity contribution in [3.05, 3.63) is 48.3 Å². The van der Waals surface area contributed by atoms with E-state index in [-0.39, 0.29) is 10.7 Å². The summed E-state index contributed by atoms with van der Waals surface area (Å²) in [5.41, 5.74) is 1.81. The number of hydrogen-bond donors (Lipinski definition) is 0. The van der Waals surface area contributed by atoms with Crippen LogP contribution < -0.4 is 13.8 Å². The largest absolute Gasteiger partial charge is 0.486 e. The van der Waals surface area contributed by atoms with E-state index in [4.69, 9.17) is 9.47 Å². The molecule has 0 fully saturated rings. The van der Waals surface area contributed by atoms with Crippen LogP contribution in [-0.4, -0.2) is 48.3 Å². The lowest BCUT2D eigenvalue weighted by molar-refractivity contribution is 0.171. The second-order valence-corrected chi connectivity index (χ2v) is 8.58. The first-order chi connectivity index (χ1) is 14.0. The third-order valence-corrected chi connectivity index (χ3v) is 6.59. The molecule has 0 spiro atoms. The lowest BCUT2D eigenvalue weighted by Crippen LogP contribution is -2.28. The Balaban J connectivity index is 1.68. The minimum atomic E-state index is -3.92. The van der Waals surface area contributed by atoms with Crippen LogP contribution >= 0.6 is 0 Å². The molecule has 1 aliphatic heterocycles. The second kappa shape index (κ2) is 6.31. The van der Waals surface area contributed by atoms with Crippen LogP contribution in [0.5, 0.6) is 11.5 Å². The smallest absolute Gasteiger partial charge is 0.265 e. The molecule has 0 atom stereocenters. The average molecular weight is 411 g/mol. The number of aryl methyl sites for hydroxylation is 1. The topological polar surface area (TPSA) is 98.9 Å². The molecule has 3 heterocycles. The predicted octanol–water partition coefficient (Wildman–Crippen LogP) is 2.18. The van der Waals surface area contributed by atoms with Crippen LogP contribution in [0.3, 0.4) is 0 Å². The van der Waals surface area contributed by atoms with E-state index in [1.165, 1.54) is 19.2 Å². The van der Waals surface area contributed by atoms with E-state index in [0.29, 0.717) is 41.7 Å². The Bertz CT molecular complexity index is 1370. The summed E-state index contributed by atoms with van der Waals surface area (Å²) in [4.78, 5) is 4.64. The fourth-order valence-corrected chi connectivity index (χ4v) is 4.54. The number of rotatable bonds is 3. The lowest BCUT2D eigenvalue weighted by atomic mass is 10.3. The summed E-state index contributed by atoms with van der Waals surface area (Å²) in [7, 11) is -2.47. The van der Waals surface area contributed by atoms with Crippen molar-refractivity contribution in [2.75, 3.05) is 24.6 Å². The molecule has 148 valence electrons. The first kappa shape index (κ1) is 17.7. The quantitative estimate of drug-likeness (QED) is 0.509. The molecule has 1 aliphatic rings. The molecule has 0 saturated carbocycles. The third kappa shape index (κ3) is 2.67. The molecule has 29 heavy (non-hydrogen) atoms. The molecule has 0 radical (unpaired) electrons. The number of fused-ring (bicyclic) bond motifs is 4. The number of aromatic nitrogens is 4. The van der Waals surface area contributed by atoms with Crippen molar-refractivity contribution in [3.8, 4) is 11.5 Å². The van der Waals surface area contributed by atoms with E-state index in [1.807, 2.05) is 31.2 Å².